The number of rotatable bonds is 5. The van der Waals surface area contributed by atoms with Gasteiger partial charge in [-0.1, -0.05) is 24.3 Å². The van der Waals surface area contributed by atoms with Crippen molar-refractivity contribution in [2.75, 3.05) is 12.4 Å². The maximum atomic E-state index is 13.1. The molecule has 5 aromatic rings. The number of anilines is 1. The van der Waals surface area contributed by atoms with Gasteiger partial charge in [-0.3, -0.25) is 4.79 Å². The van der Waals surface area contributed by atoms with Crippen LogP contribution in [0.1, 0.15) is 16.1 Å². The van der Waals surface area contributed by atoms with Gasteiger partial charge in [-0.05, 0) is 42.5 Å². The van der Waals surface area contributed by atoms with Crippen molar-refractivity contribution in [2.45, 2.75) is 6.18 Å². The number of ether oxygens (including phenoxy) is 1. The number of carbonyl (C=O) groups excluding carboxylic acids is 1. The molecular weight excluding hydrogens is 471 g/mol. The zero-order valence-electron chi connectivity index (χ0n) is 18.8. The van der Waals surface area contributed by atoms with Gasteiger partial charge in [0.15, 0.2) is 5.82 Å². The smallest absolute Gasteiger partial charge is 0.433 e. The van der Waals surface area contributed by atoms with Gasteiger partial charge in [0.1, 0.15) is 11.4 Å². The molecule has 0 aliphatic rings. The van der Waals surface area contributed by atoms with E-state index < -0.39 is 11.9 Å². The summed E-state index contributed by atoms with van der Waals surface area (Å²) in [5.41, 5.74) is 1.55. The van der Waals surface area contributed by atoms with Gasteiger partial charge < -0.3 is 10.1 Å². The highest BCUT2D eigenvalue weighted by Crippen LogP contribution is 2.32. The van der Waals surface area contributed by atoms with Crippen LogP contribution >= 0.6 is 0 Å². The second kappa shape index (κ2) is 9.14. The number of aromatic nitrogens is 4. The molecule has 10 heteroatoms. The molecule has 0 atom stereocenters. The highest BCUT2D eigenvalue weighted by molar-refractivity contribution is 6.06. The average Bonchev–Trinajstić information content (AvgIpc) is 3.37. The second-order valence-electron chi connectivity index (χ2n) is 7.80. The molecule has 5 rings (SSSR count). The van der Waals surface area contributed by atoms with Crippen LogP contribution < -0.4 is 10.1 Å². The zero-order valence-corrected chi connectivity index (χ0v) is 18.8. The van der Waals surface area contributed by atoms with E-state index in [2.05, 4.69) is 20.4 Å². The first kappa shape index (κ1) is 23.0. The van der Waals surface area contributed by atoms with Crippen LogP contribution in [0.15, 0.2) is 85.3 Å². The normalized spacial score (nSPS) is 11.4. The lowest BCUT2D eigenvalue weighted by molar-refractivity contribution is -0.140. The van der Waals surface area contributed by atoms with Gasteiger partial charge in [-0.15, -0.1) is 0 Å². The van der Waals surface area contributed by atoms with Crippen molar-refractivity contribution in [1.29, 1.82) is 0 Å². The molecule has 0 unspecified atom stereocenters. The molecule has 180 valence electrons. The number of alkyl halides is 3. The number of para-hydroxylation sites is 1. The molecule has 3 aromatic heterocycles. The summed E-state index contributed by atoms with van der Waals surface area (Å²) in [6, 6.07) is 17.7. The van der Waals surface area contributed by atoms with Crippen LogP contribution in [-0.4, -0.2) is 32.8 Å². The summed E-state index contributed by atoms with van der Waals surface area (Å²) >= 11 is 0. The molecule has 2 aromatic carbocycles. The molecule has 0 fully saturated rings. The SMILES string of the molecule is COc1cccc(C(=O)Nc2ccccc2-c2cnn(-c3nccc4nc(C(F)(F)F)ccc34)c2)c1. The third kappa shape index (κ3) is 4.48. The number of methoxy groups -OCH3 is 1. The molecule has 0 saturated carbocycles. The van der Waals surface area contributed by atoms with Crippen LogP contribution in [-0.2, 0) is 6.18 Å². The monoisotopic (exact) mass is 489 g/mol. The van der Waals surface area contributed by atoms with E-state index >= 15 is 0 Å². The first-order chi connectivity index (χ1) is 17.3. The molecule has 0 radical (unpaired) electrons. The highest BCUT2D eigenvalue weighted by atomic mass is 19.4. The second-order valence-corrected chi connectivity index (χ2v) is 7.80. The average molecular weight is 489 g/mol. The van der Waals surface area contributed by atoms with Crippen LogP contribution in [0.5, 0.6) is 5.75 Å². The minimum Gasteiger partial charge on any atom is -0.497 e. The van der Waals surface area contributed by atoms with E-state index in [4.69, 9.17) is 4.74 Å². The van der Waals surface area contributed by atoms with E-state index in [1.807, 2.05) is 12.1 Å². The molecule has 36 heavy (non-hydrogen) atoms. The van der Waals surface area contributed by atoms with Crippen LogP contribution in [0.25, 0.3) is 27.8 Å². The number of amides is 1. The summed E-state index contributed by atoms with van der Waals surface area (Å²) in [5.74, 6) is 0.588. The van der Waals surface area contributed by atoms with Gasteiger partial charge in [-0.25, -0.2) is 14.6 Å². The van der Waals surface area contributed by atoms with Crippen molar-refractivity contribution in [3.05, 3.63) is 96.6 Å². The minimum atomic E-state index is -4.55. The Bertz CT molecular complexity index is 1580. The van der Waals surface area contributed by atoms with E-state index in [0.29, 0.717) is 39.3 Å². The van der Waals surface area contributed by atoms with E-state index in [-0.39, 0.29) is 11.4 Å². The molecule has 0 saturated heterocycles. The fraction of sp³-hybridized carbons (Fsp3) is 0.0769. The lowest BCUT2D eigenvalue weighted by Crippen LogP contribution is -2.12. The van der Waals surface area contributed by atoms with Crippen molar-refractivity contribution < 1.29 is 22.7 Å². The molecule has 7 nitrogen and oxygen atoms in total. The molecule has 0 spiro atoms. The van der Waals surface area contributed by atoms with E-state index in [0.717, 1.165) is 6.07 Å². The van der Waals surface area contributed by atoms with Crippen LogP contribution in [0.2, 0.25) is 0 Å². The largest absolute Gasteiger partial charge is 0.497 e. The Morgan fingerprint density at radius 2 is 1.86 bits per heavy atom. The first-order valence-corrected chi connectivity index (χ1v) is 10.8. The number of hydrogen-bond acceptors (Lipinski definition) is 5. The zero-order chi connectivity index (χ0) is 25.3. The van der Waals surface area contributed by atoms with Crippen molar-refractivity contribution >= 4 is 22.5 Å². The number of pyridine rings is 2. The summed E-state index contributed by atoms with van der Waals surface area (Å²) < 4.78 is 45.9. The molecule has 1 N–H and O–H groups in total. The Morgan fingerprint density at radius 3 is 2.67 bits per heavy atom. The standard InChI is InChI=1S/C26H18F3N5O2/c1-36-18-6-4-5-16(13-18)25(35)33-21-8-3-2-7-19(21)17-14-31-34(15-17)24-20-9-10-23(26(27,28)29)32-22(20)11-12-30-24/h2-15H,1H3,(H,33,35). The van der Waals surface area contributed by atoms with E-state index in [1.165, 1.54) is 30.1 Å². The summed E-state index contributed by atoms with van der Waals surface area (Å²) in [6.45, 7) is 0. The van der Waals surface area contributed by atoms with Crippen LogP contribution in [0, 0.1) is 0 Å². The molecular formula is C26H18F3N5O2. The maximum Gasteiger partial charge on any atom is 0.433 e. The van der Waals surface area contributed by atoms with Gasteiger partial charge in [0.2, 0.25) is 0 Å². The maximum absolute atomic E-state index is 13.1. The van der Waals surface area contributed by atoms with E-state index in [1.54, 1.807) is 48.8 Å². The Balaban J connectivity index is 1.48. The molecule has 1 amide bonds. The highest BCUT2D eigenvalue weighted by Gasteiger charge is 2.32. The van der Waals surface area contributed by atoms with Gasteiger partial charge in [0.25, 0.3) is 5.91 Å². The van der Waals surface area contributed by atoms with Crippen molar-refractivity contribution in [1.82, 2.24) is 19.7 Å². The van der Waals surface area contributed by atoms with Crippen LogP contribution in [0.3, 0.4) is 0 Å². The fourth-order valence-corrected chi connectivity index (χ4v) is 3.76. The molecule has 3 heterocycles. The van der Waals surface area contributed by atoms with Gasteiger partial charge in [-0.2, -0.15) is 18.3 Å². The van der Waals surface area contributed by atoms with Crippen molar-refractivity contribution in [3.63, 3.8) is 0 Å². The van der Waals surface area contributed by atoms with Crippen molar-refractivity contribution in [2.24, 2.45) is 0 Å². The van der Waals surface area contributed by atoms with Crippen LogP contribution in [0.4, 0.5) is 18.9 Å². The molecule has 0 bridgehead atoms. The molecule has 0 aliphatic carbocycles. The quantitative estimate of drug-likeness (QED) is 0.339. The van der Waals surface area contributed by atoms with Gasteiger partial charge >= 0.3 is 6.18 Å². The summed E-state index contributed by atoms with van der Waals surface area (Å²) in [7, 11) is 1.53. The number of nitrogens with zero attached hydrogens (tertiary/aromatic N) is 4. The number of halogens is 3. The predicted molar refractivity (Wildman–Crippen MR) is 128 cm³/mol. The lowest BCUT2D eigenvalue weighted by Gasteiger charge is -2.11. The summed E-state index contributed by atoms with van der Waals surface area (Å²) in [4.78, 5) is 20.9. The number of hydrogen-bond donors (Lipinski definition) is 1. The number of carbonyl (C=O) groups is 1. The lowest BCUT2D eigenvalue weighted by atomic mass is 10.1. The first-order valence-electron chi connectivity index (χ1n) is 10.8. The summed E-state index contributed by atoms with van der Waals surface area (Å²) in [5, 5.41) is 7.69. The third-order valence-corrected chi connectivity index (χ3v) is 5.50. The van der Waals surface area contributed by atoms with E-state index in [9.17, 15) is 18.0 Å². The van der Waals surface area contributed by atoms with Crippen molar-refractivity contribution in [3.8, 4) is 22.7 Å². The fourth-order valence-electron chi connectivity index (χ4n) is 3.76. The Hall–Kier alpha value is -4.73. The minimum absolute atomic E-state index is 0.151. The Morgan fingerprint density at radius 1 is 1.03 bits per heavy atom. The van der Waals surface area contributed by atoms with Gasteiger partial charge in [0, 0.05) is 40.2 Å². The molecule has 0 aliphatic heterocycles. The topological polar surface area (TPSA) is 81.9 Å². The Kier molecular flexibility index (Phi) is 5.85. The number of fused-ring (bicyclic) bond motifs is 1. The predicted octanol–water partition coefficient (Wildman–Crippen LogP) is 5.76. The number of nitrogens with one attached hydrogen (secondary N) is 1. The third-order valence-electron chi connectivity index (χ3n) is 5.50. The number of benzene rings is 2. The summed E-state index contributed by atoms with van der Waals surface area (Å²) in [6.07, 6.45) is 0.120. The Labute approximate surface area is 203 Å². The van der Waals surface area contributed by atoms with Gasteiger partial charge in [0.05, 0.1) is 18.8 Å².